The number of rotatable bonds is 2. The van der Waals surface area contributed by atoms with E-state index in [4.69, 9.17) is 11.6 Å². The number of amides is 1. The number of carbonyl (C=O) groups excluding carboxylic acids is 1. The number of hydrogen-bond donors (Lipinski definition) is 0. The third kappa shape index (κ3) is 2.54. The van der Waals surface area contributed by atoms with Crippen molar-refractivity contribution in [2.75, 3.05) is 31.1 Å². The molecular weight excluding hydrogens is 262 g/mol. The Balaban J connectivity index is 1.60. The van der Waals surface area contributed by atoms with E-state index in [1.54, 1.807) is 6.20 Å². The smallest absolute Gasteiger partial charge is 0.226 e. The molecule has 1 aromatic heterocycles. The Bertz CT molecular complexity index is 485. The summed E-state index contributed by atoms with van der Waals surface area (Å²) in [7, 11) is 0. The van der Waals surface area contributed by atoms with E-state index in [9.17, 15) is 4.79 Å². The minimum Gasteiger partial charge on any atom is -0.352 e. The standard InChI is InChI=1S/C14H18ClN3O/c1-10-9-11(10)14(19)18-7-5-17(6-8-18)13-12(15)3-2-4-16-13/h2-4,10-11H,5-9H2,1H3/t10-,11-/m0/s1. The lowest BCUT2D eigenvalue weighted by atomic mass is 10.2. The first-order chi connectivity index (χ1) is 9.16. The van der Waals surface area contributed by atoms with E-state index < -0.39 is 0 Å². The van der Waals surface area contributed by atoms with Crippen LogP contribution >= 0.6 is 11.6 Å². The third-order valence-electron chi connectivity index (χ3n) is 4.06. The number of carbonyl (C=O) groups is 1. The van der Waals surface area contributed by atoms with Gasteiger partial charge in [0.25, 0.3) is 0 Å². The van der Waals surface area contributed by atoms with Gasteiger partial charge in [-0.1, -0.05) is 18.5 Å². The largest absolute Gasteiger partial charge is 0.352 e. The fourth-order valence-corrected chi connectivity index (χ4v) is 2.89. The summed E-state index contributed by atoms with van der Waals surface area (Å²) in [5.41, 5.74) is 0. The van der Waals surface area contributed by atoms with Crippen LogP contribution in [0.15, 0.2) is 18.3 Å². The Kier molecular flexibility index (Phi) is 3.35. The molecule has 2 fully saturated rings. The van der Waals surface area contributed by atoms with Crippen LogP contribution in [0.2, 0.25) is 5.02 Å². The summed E-state index contributed by atoms with van der Waals surface area (Å²) in [5.74, 6) is 2.02. The molecule has 1 amide bonds. The van der Waals surface area contributed by atoms with Gasteiger partial charge in [0.2, 0.25) is 5.91 Å². The second-order valence-electron chi connectivity index (χ2n) is 5.44. The zero-order valence-corrected chi connectivity index (χ0v) is 11.8. The zero-order valence-electron chi connectivity index (χ0n) is 11.1. The molecule has 0 N–H and O–H groups in total. The molecule has 102 valence electrons. The van der Waals surface area contributed by atoms with Crippen molar-refractivity contribution < 1.29 is 4.79 Å². The summed E-state index contributed by atoms with van der Waals surface area (Å²) in [6, 6.07) is 3.69. The van der Waals surface area contributed by atoms with Crippen LogP contribution < -0.4 is 4.90 Å². The van der Waals surface area contributed by atoms with E-state index in [1.165, 1.54) is 0 Å². The van der Waals surface area contributed by atoms with Gasteiger partial charge in [-0.2, -0.15) is 0 Å². The average molecular weight is 280 g/mol. The van der Waals surface area contributed by atoms with Crippen LogP contribution in [0.1, 0.15) is 13.3 Å². The van der Waals surface area contributed by atoms with Crippen LogP contribution in [0.4, 0.5) is 5.82 Å². The van der Waals surface area contributed by atoms with E-state index in [-0.39, 0.29) is 5.92 Å². The summed E-state index contributed by atoms with van der Waals surface area (Å²) in [5, 5.41) is 0.679. The highest BCUT2D eigenvalue weighted by Crippen LogP contribution is 2.39. The van der Waals surface area contributed by atoms with Crippen molar-refractivity contribution in [1.82, 2.24) is 9.88 Å². The molecular formula is C14H18ClN3O. The van der Waals surface area contributed by atoms with Gasteiger partial charge in [0.15, 0.2) is 0 Å². The molecule has 3 rings (SSSR count). The van der Waals surface area contributed by atoms with E-state index in [0.717, 1.165) is 38.4 Å². The Hall–Kier alpha value is -1.29. The summed E-state index contributed by atoms with van der Waals surface area (Å²) in [6.07, 6.45) is 2.82. The minimum absolute atomic E-state index is 0.282. The first-order valence-electron chi connectivity index (χ1n) is 6.81. The molecule has 0 unspecified atom stereocenters. The van der Waals surface area contributed by atoms with Crippen LogP contribution in [-0.2, 0) is 4.79 Å². The Morgan fingerprint density at radius 2 is 2.05 bits per heavy atom. The molecule has 1 aliphatic heterocycles. The van der Waals surface area contributed by atoms with E-state index in [1.807, 2.05) is 17.0 Å². The van der Waals surface area contributed by atoms with Crippen molar-refractivity contribution in [2.24, 2.45) is 11.8 Å². The quantitative estimate of drug-likeness (QED) is 0.831. The third-order valence-corrected chi connectivity index (χ3v) is 4.35. The summed E-state index contributed by atoms with van der Waals surface area (Å²) < 4.78 is 0. The van der Waals surface area contributed by atoms with Crippen molar-refractivity contribution in [3.63, 3.8) is 0 Å². The van der Waals surface area contributed by atoms with Crippen molar-refractivity contribution >= 4 is 23.3 Å². The predicted molar refractivity (Wildman–Crippen MR) is 75.3 cm³/mol. The predicted octanol–water partition coefficient (Wildman–Crippen LogP) is 2.04. The number of halogens is 1. The van der Waals surface area contributed by atoms with Crippen LogP contribution in [0.5, 0.6) is 0 Å². The Morgan fingerprint density at radius 3 is 2.63 bits per heavy atom. The molecule has 0 spiro atoms. The molecule has 2 aliphatic rings. The zero-order chi connectivity index (χ0) is 13.4. The lowest BCUT2D eigenvalue weighted by molar-refractivity contribution is -0.133. The van der Waals surface area contributed by atoms with Crippen LogP contribution in [0.25, 0.3) is 0 Å². The van der Waals surface area contributed by atoms with Gasteiger partial charge < -0.3 is 9.80 Å². The van der Waals surface area contributed by atoms with E-state index in [2.05, 4.69) is 16.8 Å². The van der Waals surface area contributed by atoms with Crippen LogP contribution in [0.3, 0.4) is 0 Å². The van der Waals surface area contributed by atoms with E-state index in [0.29, 0.717) is 16.8 Å². The van der Waals surface area contributed by atoms with Gasteiger partial charge in [0.05, 0.1) is 5.02 Å². The fraction of sp³-hybridized carbons (Fsp3) is 0.571. The maximum atomic E-state index is 12.1. The van der Waals surface area contributed by atoms with Gasteiger partial charge in [-0.15, -0.1) is 0 Å². The molecule has 1 saturated heterocycles. The molecule has 5 heteroatoms. The SMILES string of the molecule is C[C@H]1C[C@@H]1C(=O)N1CCN(c2ncccc2Cl)CC1. The van der Waals surface area contributed by atoms with Crippen molar-refractivity contribution in [2.45, 2.75) is 13.3 Å². The Labute approximate surface area is 118 Å². The van der Waals surface area contributed by atoms with Gasteiger partial charge >= 0.3 is 0 Å². The highest BCUT2D eigenvalue weighted by Gasteiger charge is 2.42. The number of nitrogens with zero attached hydrogens (tertiary/aromatic N) is 3. The normalized spacial score (nSPS) is 26.4. The van der Waals surface area contributed by atoms with Crippen molar-refractivity contribution in [3.05, 3.63) is 23.4 Å². The second kappa shape index (κ2) is 5.00. The lowest BCUT2D eigenvalue weighted by Gasteiger charge is -2.35. The van der Waals surface area contributed by atoms with Crippen molar-refractivity contribution in [1.29, 1.82) is 0 Å². The average Bonchev–Trinajstić information content (AvgIpc) is 3.16. The molecule has 1 aliphatic carbocycles. The van der Waals surface area contributed by atoms with Gasteiger partial charge in [-0.3, -0.25) is 4.79 Å². The molecule has 4 nitrogen and oxygen atoms in total. The molecule has 1 saturated carbocycles. The molecule has 0 aromatic carbocycles. The summed E-state index contributed by atoms with van der Waals surface area (Å²) in [4.78, 5) is 20.6. The van der Waals surface area contributed by atoms with Gasteiger partial charge in [-0.25, -0.2) is 4.98 Å². The van der Waals surface area contributed by atoms with Gasteiger partial charge in [-0.05, 0) is 24.5 Å². The molecule has 1 aromatic rings. The molecule has 0 radical (unpaired) electrons. The number of anilines is 1. The molecule has 2 atom stereocenters. The molecule has 0 bridgehead atoms. The fourth-order valence-electron chi connectivity index (χ4n) is 2.65. The highest BCUT2D eigenvalue weighted by molar-refractivity contribution is 6.32. The summed E-state index contributed by atoms with van der Waals surface area (Å²) >= 11 is 6.15. The van der Waals surface area contributed by atoms with Crippen molar-refractivity contribution in [3.8, 4) is 0 Å². The van der Waals surface area contributed by atoms with Gasteiger partial charge in [0, 0.05) is 38.3 Å². The number of piperazine rings is 1. The molecule has 2 heterocycles. The first kappa shape index (κ1) is 12.7. The topological polar surface area (TPSA) is 36.4 Å². The number of hydrogen-bond acceptors (Lipinski definition) is 3. The number of pyridine rings is 1. The van der Waals surface area contributed by atoms with E-state index >= 15 is 0 Å². The monoisotopic (exact) mass is 279 g/mol. The number of aromatic nitrogens is 1. The Morgan fingerprint density at radius 1 is 1.37 bits per heavy atom. The highest BCUT2D eigenvalue weighted by atomic mass is 35.5. The molecule has 19 heavy (non-hydrogen) atoms. The minimum atomic E-state index is 0.282. The maximum absolute atomic E-state index is 12.1. The maximum Gasteiger partial charge on any atom is 0.226 e. The van der Waals surface area contributed by atoms with Gasteiger partial charge in [0.1, 0.15) is 5.82 Å². The van der Waals surface area contributed by atoms with Crippen LogP contribution in [-0.4, -0.2) is 42.0 Å². The van der Waals surface area contributed by atoms with Crippen LogP contribution in [0, 0.1) is 11.8 Å². The second-order valence-corrected chi connectivity index (χ2v) is 5.85. The summed E-state index contributed by atoms with van der Waals surface area (Å²) in [6.45, 7) is 5.31. The lowest BCUT2D eigenvalue weighted by Crippen LogP contribution is -2.49. The first-order valence-corrected chi connectivity index (χ1v) is 7.19.